The summed E-state index contributed by atoms with van der Waals surface area (Å²) in [5, 5.41) is 19.3. The van der Waals surface area contributed by atoms with Crippen molar-refractivity contribution in [2.45, 2.75) is 19.5 Å². The molecule has 2 N–H and O–H groups in total. The van der Waals surface area contributed by atoms with Crippen LogP contribution in [0.3, 0.4) is 0 Å². The van der Waals surface area contributed by atoms with Crippen LogP contribution in [0, 0.1) is 12.3 Å². The van der Waals surface area contributed by atoms with Gasteiger partial charge in [-0.05, 0) is 6.92 Å². The number of aliphatic hydroxyl groups is 1. The van der Waals surface area contributed by atoms with Gasteiger partial charge in [0.2, 0.25) is 0 Å². The van der Waals surface area contributed by atoms with Crippen molar-refractivity contribution in [3.63, 3.8) is 0 Å². The van der Waals surface area contributed by atoms with Gasteiger partial charge in [-0.1, -0.05) is 11.1 Å². The Morgan fingerprint density at radius 1 is 1.78 bits per heavy atom. The van der Waals surface area contributed by atoms with Gasteiger partial charge in [-0.3, -0.25) is 5.32 Å². The van der Waals surface area contributed by atoms with Crippen LogP contribution in [0.25, 0.3) is 0 Å². The van der Waals surface area contributed by atoms with Crippen molar-refractivity contribution in [3.05, 3.63) is 11.9 Å². The van der Waals surface area contributed by atoms with Crippen LogP contribution in [0.5, 0.6) is 0 Å². The van der Waals surface area contributed by atoms with Gasteiger partial charge in [-0.25, -0.2) is 9.48 Å². The standard InChI is InChI=1S/C11H16N4O3/c1-3-5-12-10(11(17)18-4-2)9-8-15(6-7-16)14-13-9/h1,8,10,12,16H,4-7H2,2H3. The van der Waals surface area contributed by atoms with Crippen LogP contribution < -0.4 is 5.32 Å². The lowest BCUT2D eigenvalue weighted by molar-refractivity contribution is -0.145. The van der Waals surface area contributed by atoms with Crippen molar-refractivity contribution in [1.29, 1.82) is 0 Å². The molecule has 1 unspecified atom stereocenters. The first-order valence-corrected chi connectivity index (χ1v) is 5.57. The molecule has 1 rings (SSSR count). The molecule has 7 heteroatoms. The van der Waals surface area contributed by atoms with E-state index in [0.717, 1.165) is 0 Å². The summed E-state index contributed by atoms with van der Waals surface area (Å²) in [6.45, 7) is 2.48. The SMILES string of the molecule is C#CCNC(C(=O)OCC)c1cn(CCO)nn1. The van der Waals surface area contributed by atoms with Gasteiger partial charge in [0.15, 0.2) is 6.04 Å². The van der Waals surface area contributed by atoms with Crippen LogP contribution in [0.15, 0.2) is 6.20 Å². The number of esters is 1. The summed E-state index contributed by atoms with van der Waals surface area (Å²) in [7, 11) is 0. The fourth-order valence-corrected chi connectivity index (χ4v) is 1.35. The van der Waals surface area contributed by atoms with Gasteiger partial charge in [-0.2, -0.15) is 0 Å². The zero-order valence-electron chi connectivity index (χ0n) is 10.2. The summed E-state index contributed by atoms with van der Waals surface area (Å²) < 4.78 is 6.37. The lowest BCUT2D eigenvalue weighted by Crippen LogP contribution is -2.31. The van der Waals surface area contributed by atoms with Crippen LogP contribution >= 0.6 is 0 Å². The Hall–Kier alpha value is -1.91. The third-order valence-corrected chi connectivity index (χ3v) is 2.11. The molecule has 7 nitrogen and oxygen atoms in total. The quantitative estimate of drug-likeness (QED) is 0.483. The highest BCUT2D eigenvalue weighted by Crippen LogP contribution is 2.11. The number of hydrogen-bond acceptors (Lipinski definition) is 6. The van der Waals surface area contributed by atoms with Gasteiger partial charge in [0.25, 0.3) is 0 Å². The molecule has 0 radical (unpaired) electrons. The summed E-state index contributed by atoms with van der Waals surface area (Å²) in [5.41, 5.74) is 0.414. The van der Waals surface area contributed by atoms with E-state index in [-0.39, 0.29) is 19.8 Å². The number of terminal acetylenes is 1. The Labute approximate surface area is 105 Å². The fourth-order valence-electron chi connectivity index (χ4n) is 1.35. The number of carbonyl (C=O) groups excluding carboxylic acids is 1. The van der Waals surface area contributed by atoms with Crippen LogP contribution in [0.4, 0.5) is 0 Å². The maximum atomic E-state index is 11.7. The van der Waals surface area contributed by atoms with Gasteiger partial charge in [0, 0.05) is 0 Å². The van der Waals surface area contributed by atoms with Gasteiger partial charge >= 0.3 is 5.97 Å². The monoisotopic (exact) mass is 252 g/mol. The lowest BCUT2D eigenvalue weighted by Gasteiger charge is -2.12. The molecule has 18 heavy (non-hydrogen) atoms. The molecule has 1 aromatic rings. The van der Waals surface area contributed by atoms with Crippen molar-refractivity contribution in [1.82, 2.24) is 20.3 Å². The minimum Gasteiger partial charge on any atom is -0.465 e. The molecule has 1 heterocycles. The Morgan fingerprint density at radius 3 is 3.17 bits per heavy atom. The average Bonchev–Trinajstić information content (AvgIpc) is 2.79. The van der Waals surface area contributed by atoms with Crippen LogP contribution in [-0.2, 0) is 16.1 Å². The zero-order chi connectivity index (χ0) is 13.4. The minimum atomic E-state index is -0.742. The second kappa shape index (κ2) is 7.42. The number of aliphatic hydroxyl groups excluding tert-OH is 1. The van der Waals surface area contributed by atoms with Gasteiger partial charge < -0.3 is 9.84 Å². The molecule has 0 aromatic carbocycles. The van der Waals surface area contributed by atoms with E-state index in [0.29, 0.717) is 12.2 Å². The predicted octanol–water partition coefficient (Wildman–Crippen LogP) is -0.903. The number of carbonyl (C=O) groups is 1. The third-order valence-electron chi connectivity index (χ3n) is 2.11. The molecular weight excluding hydrogens is 236 g/mol. The summed E-state index contributed by atoms with van der Waals surface area (Å²) in [6.07, 6.45) is 6.71. The fraction of sp³-hybridized carbons (Fsp3) is 0.545. The van der Waals surface area contributed by atoms with Gasteiger partial charge in [-0.15, -0.1) is 11.5 Å². The van der Waals surface area contributed by atoms with Gasteiger partial charge in [0.1, 0.15) is 5.69 Å². The minimum absolute atomic E-state index is 0.0509. The number of hydrogen-bond donors (Lipinski definition) is 2. The summed E-state index contributed by atoms with van der Waals surface area (Å²) in [4.78, 5) is 11.7. The van der Waals surface area contributed by atoms with E-state index in [1.165, 1.54) is 4.68 Å². The molecule has 0 saturated carbocycles. The van der Waals surface area contributed by atoms with E-state index in [1.54, 1.807) is 13.1 Å². The Balaban J connectivity index is 2.80. The highest BCUT2D eigenvalue weighted by Gasteiger charge is 2.24. The molecule has 0 spiro atoms. The van der Waals surface area contributed by atoms with E-state index < -0.39 is 12.0 Å². The van der Waals surface area contributed by atoms with Crippen molar-refractivity contribution >= 4 is 5.97 Å². The number of rotatable bonds is 7. The van der Waals surface area contributed by atoms with Gasteiger partial charge in [0.05, 0.1) is 32.5 Å². The second-order valence-corrected chi connectivity index (χ2v) is 3.40. The molecule has 0 bridgehead atoms. The third kappa shape index (κ3) is 3.84. The number of nitrogens with zero attached hydrogens (tertiary/aromatic N) is 3. The van der Waals surface area contributed by atoms with E-state index >= 15 is 0 Å². The number of ether oxygens (including phenoxy) is 1. The lowest BCUT2D eigenvalue weighted by atomic mass is 10.2. The Bertz CT molecular complexity index is 424. The molecule has 0 aliphatic rings. The van der Waals surface area contributed by atoms with Crippen molar-refractivity contribution in [2.24, 2.45) is 0 Å². The topological polar surface area (TPSA) is 89.3 Å². The summed E-state index contributed by atoms with van der Waals surface area (Å²) >= 11 is 0. The smallest absolute Gasteiger partial charge is 0.329 e. The molecule has 0 saturated heterocycles. The van der Waals surface area contributed by atoms with Crippen molar-refractivity contribution in [3.8, 4) is 12.3 Å². The van der Waals surface area contributed by atoms with Crippen LogP contribution in [-0.4, -0.2) is 45.8 Å². The molecule has 98 valence electrons. The van der Waals surface area contributed by atoms with Crippen LogP contribution in [0.1, 0.15) is 18.7 Å². The average molecular weight is 252 g/mol. The van der Waals surface area contributed by atoms with Crippen LogP contribution in [0.2, 0.25) is 0 Å². The number of nitrogens with one attached hydrogen (secondary N) is 1. The number of aromatic nitrogens is 3. The molecule has 1 atom stereocenters. The second-order valence-electron chi connectivity index (χ2n) is 3.40. The maximum absolute atomic E-state index is 11.7. The molecule has 0 aliphatic heterocycles. The Kier molecular flexibility index (Phi) is 5.84. The van der Waals surface area contributed by atoms with Crippen molar-refractivity contribution in [2.75, 3.05) is 19.8 Å². The van der Waals surface area contributed by atoms with Crippen molar-refractivity contribution < 1.29 is 14.6 Å². The largest absolute Gasteiger partial charge is 0.465 e. The molecular formula is C11H16N4O3. The molecule has 0 aliphatic carbocycles. The summed E-state index contributed by atoms with van der Waals surface area (Å²) in [5.74, 6) is 1.93. The molecule has 1 aromatic heterocycles. The first kappa shape index (κ1) is 14.2. The van der Waals surface area contributed by atoms with E-state index in [4.69, 9.17) is 16.3 Å². The maximum Gasteiger partial charge on any atom is 0.329 e. The molecule has 0 amide bonds. The highest BCUT2D eigenvalue weighted by atomic mass is 16.5. The predicted molar refractivity (Wildman–Crippen MR) is 63.3 cm³/mol. The van der Waals surface area contributed by atoms with E-state index in [1.807, 2.05) is 0 Å². The normalized spacial score (nSPS) is 11.8. The molecule has 0 fully saturated rings. The summed E-state index contributed by atoms with van der Waals surface area (Å²) in [6, 6.07) is -0.742. The van der Waals surface area contributed by atoms with E-state index in [2.05, 4.69) is 21.5 Å². The highest BCUT2D eigenvalue weighted by molar-refractivity contribution is 5.76. The first-order chi connectivity index (χ1) is 8.72. The first-order valence-electron chi connectivity index (χ1n) is 5.57. The zero-order valence-corrected chi connectivity index (χ0v) is 10.2. The van der Waals surface area contributed by atoms with E-state index in [9.17, 15) is 4.79 Å². The Morgan fingerprint density at radius 2 is 2.56 bits per heavy atom.